The van der Waals surface area contributed by atoms with E-state index in [0.29, 0.717) is 6.42 Å². The van der Waals surface area contributed by atoms with Gasteiger partial charge in [0, 0.05) is 0 Å². The lowest BCUT2D eigenvalue weighted by Crippen LogP contribution is -2.47. The Hall–Kier alpha value is -2.42. The first-order valence-corrected chi connectivity index (χ1v) is 10.6. The summed E-state index contributed by atoms with van der Waals surface area (Å²) in [5.41, 5.74) is 0.923. The summed E-state index contributed by atoms with van der Waals surface area (Å²) in [6.45, 7) is 4.88. The lowest BCUT2D eigenvalue weighted by molar-refractivity contribution is -0.150. The summed E-state index contributed by atoms with van der Waals surface area (Å²) < 4.78 is 33.9. The third-order valence-electron chi connectivity index (χ3n) is 4.30. The van der Waals surface area contributed by atoms with Gasteiger partial charge in [-0.1, -0.05) is 38.0 Å². The number of carbonyl (C=O) groups is 3. The van der Waals surface area contributed by atoms with Crippen molar-refractivity contribution in [3.05, 3.63) is 29.8 Å². The lowest BCUT2D eigenvalue weighted by atomic mass is 9.99. The van der Waals surface area contributed by atoms with Crippen molar-refractivity contribution in [3.63, 3.8) is 0 Å². The SMILES string of the molecule is CC[C@@H](C)[C@@H](NC(=O)COC(=O)CCS(=O)(=O)c1ccc(C)cc1)C(=O)OC. The number of amides is 1. The Morgan fingerprint density at radius 2 is 1.75 bits per heavy atom. The van der Waals surface area contributed by atoms with Crippen molar-refractivity contribution in [1.29, 1.82) is 0 Å². The molecule has 2 atom stereocenters. The van der Waals surface area contributed by atoms with Gasteiger partial charge < -0.3 is 14.8 Å². The van der Waals surface area contributed by atoms with Gasteiger partial charge in [0.2, 0.25) is 0 Å². The molecule has 0 saturated carbocycles. The highest BCUT2D eigenvalue weighted by Gasteiger charge is 2.27. The van der Waals surface area contributed by atoms with Crippen molar-refractivity contribution in [2.75, 3.05) is 19.5 Å². The number of hydrogen-bond acceptors (Lipinski definition) is 7. The molecule has 1 rings (SSSR count). The number of methoxy groups -OCH3 is 1. The second-order valence-corrected chi connectivity index (χ2v) is 8.61. The number of ether oxygens (including phenoxy) is 2. The Balaban J connectivity index is 2.52. The number of hydrogen-bond donors (Lipinski definition) is 1. The van der Waals surface area contributed by atoms with Crippen LogP contribution in [0.3, 0.4) is 0 Å². The first kappa shape index (κ1) is 23.6. The predicted octanol–water partition coefficient (Wildman–Crippen LogP) is 1.41. The number of esters is 2. The van der Waals surface area contributed by atoms with E-state index in [-0.39, 0.29) is 17.2 Å². The number of nitrogens with one attached hydrogen (secondary N) is 1. The van der Waals surface area contributed by atoms with Crippen LogP contribution in [0.4, 0.5) is 0 Å². The van der Waals surface area contributed by atoms with E-state index in [1.54, 1.807) is 19.1 Å². The van der Waals surface area contributed by atoms with E-state index in [1.165, 1.54) is 19.2 Å². The molecular formula is C19H27NO7S. The number of aryl methyl sites for hydroxylation is 1. The molecule has 1 aromatic carbocycles. The second-order valence-electron chi connectivity index (χ2n) is 6.50. The van der Waals surface area contributed by atoms with Crippen molar-refractivity contribution in [1.82, 2.24) is 5.32 Å². The molecule has 156 valence electrons. The van der Waals surface area contributed by atoms with Crippen LogP contribution in [0.15, 0.2) is 29.2 Å². The molecule has 0 bridgehead atoms. The van der Waals surface area contributed by atoms with Gasteiger partial charge in [-0.25, -0.2) is 13.2 Å². The molecule has 0 unspecified atom stereocenters. The minimum Gasteiger partial charge on any atom is -0.467 e. The average molecular weight is 413 g/mol. The highest BCUT2D eigenvalue weighted by molar-refractivity contribution is 7.91. The predicted molar refractivity (Wildman–Crippen MR) is 102 cm³/mol. The number of sulfone groups is 1. The van der Waals surface area contributed by atoms with Crippen LogP contribution in [-0.2, 0) is 33.7 Å². The molecule has 0 aliphatic rings. The molecule has 8 nitrogen and oxygen atoms in total. The Labute approximate surface area is 165 Å². The van der Waals surface area contributed by atoms with E-state index in [9.17, 15) is 22.8 Å². The standard InChI is InChI=1S/C19H27NO7S/c1-5-14(3)18(19(23)26-4)20-16(21)12-27-17(22)10-11-28(24,25)15-8-6-13(2)7-9-15/h6-9,14,18H,5,10-12H2,1-4H3,(H,20,21)/t14-,18-/m1/s1. The largest absolute Gasteiger partial charge is 0.467 e. The van der Waals surface area contributed by atoms with E-state index in [4.69, 9.17) is 4.74 Å². The molecule has 0 fully saturated rings. The Morgan fingerprint density at radius 1 is 1.14 bits per heavy atom. The van der Waals surface area contributed by atoms with Crippen LogP contribution in [0.25, 0.3) is 0 Å². The second kappa shape index (κ2) is 10.8. The van der Waals surface area contributed by atoms with Crippen LogP contribution in [-0.4, -0.2) is 51.8 Å². The van der Waals surface area contributed by atoms with E-state index >= 15 is 0 Å². The summed E-state index contributed by atoms with van der Waals surface area (Å²) in [5.74, 6) is -2.65. The summed E-state index contributed by atoms with van der Waals surface area (Å²) in [7, 11) is -2.40. The maximum Gasteiger partial charge on any atom is 0.328 e. The van der Waals surface area contributed by atoms with E-state index < -0.39 is 46.1 Å². The maximum atomic E-state index is 12.2. The fourth-order valence-corrected chi connectivity index (χ4v) is 3.53. The average Bonchev–Trinajstić information content (AvgIpc) is 2.68. The fraction of sp³-hybridized carbons (Fsp3) is 0.526. The van der Waals surface area contributed by atoms with Gasteiger partial charge in [-0.15, -0.1) is 0 Å². The summed E-state index contributed by atoms with van der Waals surface area (Å²) in [4.78, 5) is 35.6. The zero-order valence-electron chi connectivity index (χ0n) is 16.6. The van der Waals surface area contributed by atoms with E-state index in [1.807, 2.05) is 13.8 Å². The maximum absolute atomic E-state index is 12.2. The molecule has 0 radical (unpaired) electrons. The summed E-state index contributed by atoms with van der Waals surface area (Å²) in [5, 5.41) is 2.47. The molecule has 0 heterocycles. The fourth-order valence-electron chi connectivity index (χ4n) is 2.31. The Kier molecular flexibility index (Phi) is 9.11. The number of benzene rings is 1. The van der Waals surface area contributed by atoms with Crippen LogP contribution < -0.4 is 5.32 Å². The van der Waals surface area contributed by atoms with Crippen molar-refractivity contribution in [2.24, 2.45) is 5.92 Å². The normalized spacial score (nSPS) is 13.3. The van der Waals surface area contributed by atoms with Gasteiger partial charge in [-0.3, -0.25) is 9.59 Å². The first-order chi connectivity index (χ1) is 13.1. The monoisotopic (exact) mass is 413 g/mol. The zero-order valence-corrected chi connectivity index (χ0v) is 17.4. The third-order valence-corrected chi connectivity index (χ3v) is 6.04. The van der Waals surface area contributed by atoms with Crippen LogP contribution in [0.1, 0.15) is 32.3 Å². The highest BCUT2D eigenvalue weighted by atomic mass is 32.2. The number of rotatable bonds is 10. The molecule has 9 heteroatoms. The van der Waals surface area contributed by atoms with Gasteiger partial charge in [0.15, 0.2) is 16.4 Å². The smallest absolute Gasteiger partial charge is 0.328 e. The summed E-state index contributed by atoms with van der Waals surface area (Å²) >= 11 is 0. The summed E-state index contributed by atoms with van der Waals surface area (Å²) in [6.07, 6.45) is 0.256. The minimum absolute atomic E-state index is 0.123. The first-order valence-electron chi connectivity index (χ1n) is 8.93. The van der Waals surface area contributed by atoms with Gasteiger partial charge in [0.05, 0.1) is 24.2 Å². The molecule has 1 amide bonds. The Bertz CT molecular complexity index is 787. The Morgan fingerprint density at radius 3 is 2.29 bits per heavy atom. The van der Waals surface area contributed by atoms with Crippen LogP contribution in [0.5, 0.6) is 0 Å². The van der Waals surface area contributed by atoms with Gasteiger partial charge in [-0.05, 0) is 25.0 Å². The van der Waals surface area contributed by atoms with Crippen molar-refractivity contribution in [3.8, 4) is 0 Å². The van der Waals surface area contributed by atoms with Gasteiger partial charge in [-0.2, -0.15) is 0 Å². The van der Waals surface area contributed by atoms with Crippen molar-refractivity contribution < 1.29 is 32.3 Å². The van der Waals surface area contributed by atoms with E-state index in [2.05, 4.69) is 10.1 Å². The topological polar surface area (TPSA) is 116 Å². The molecule has 0 aliphatic carbocycles. The molecule has 28 heavy (non-hydrogen) atoms. The van der Waals surface area contributed by atoms with Crippen LogP contribution in [0.2, 0.25) is 0 Å². The molecule has 1 N–H and O–H groups in total. The van der Waals surface area contributed by atoms with Crippen LogP contribution >= 0.6 is 0 Å². The van der Waals surface area contributed by atoms with Gasteiger partial charge in [0.25, 0.3) is 5.91 Å². The summed E-state index contributed by atoms with van der Waals surface area (Å²) in [6, 6.07) is 5.45. The van der Waals surface area contributed by atoms with Crippen molar-refractivity contribution in [2.45, 2.75) is 44.6 Å². The molecule has 1 aromatic rings. The number of carbonyl (C=O) groups excluding carboxylic acids is 3. The van der Waals surface area contributed by atoms with Crippen LogP contribution in [0, 0.1) is 12.8 Å². The van der Waals surface area contributed by atoms with Gasteiger partial charge in [0.1, 0.15) is 6.04 Å². The molecule has 0 aromatic heterocycles. The lowest BCUT2D eigenvalue weighted by Gasteiger charge is -2.21. The van der Waals surface area contributed by atoms with Gasteiger partial charge >= 0.3 is 11.9 Å². The van der Waals surface area contributed by atoms with Crippen molar-refractivity contribution >= 4 is 27.7 Å². The quantitative estimate of drug-likeness (QED) is 0.577. The third kappa shape index (κ3) is 7.30. The molecule has 0 aliphatic heterocycles. The molecule has 0 saturated heterocycles. The molecule has 0 spiro atoms. The highest BCUT2D eigenvalue weighted by Crippen LogP contribution is 2.13. The zero-order chi connectivity index (χ0) is 21.3. The molecular weight excluding hydrogens is 386 g/mol. The van der Waals surface area contributed by atoms with E-state index in [0.717, 1.165) is 5.56 Å². The minimum atomic E-state index is -3.62.